The summed E-state index contributed by atoms with van der Waals surface area (Å²) in [6.07, 6.45) is 4.07. The van der Waals surface area contributed by atoms with E-state index < -0.39 is 5.97 Å². The van der Waals surface area contributed by atoms with Gasteiger partial charge in [-0.3, -0.25) is 4.79 Å². The topological polar surface area (TPSA) is 86.1 Å². The zero-order chi connectivity index (χ0) is 20.3. The number of hydrogen-bond acceptors (Lipinski definition) is 7. The van der Waals surface area contributed by atoms with Gasteiger partial charge in [0.25, 0.3) is 0 Å². The molecule has 0 atom stereocenters. The number of rotatable bonds is 9. The summed E-state index contributed by atoms with van der Waals surface area (Å²) in [5.74, 6) is 1.01. The maximum absolute atomic E-state index is 12.5. The lowest BCUT2D eigenvalue weighted by Crippen LogP contribution is -2.17. The van der Waals surface area contributed by atoms with Gasteiger partial charge >= 0.3 is 5.97 Å². The number of hydrogen-bond donors (Lipinski definition) is 1. The fourth-order valence-corrected chi connectivity index (χ4v) is 4.63. The SMILES string of the molecule is C=CCn1c(SCC(=O)Nc2sc(C)c(C)c2C(=O)OCC)nnc1C1CC1. The van der Waals surface area contributed by atoms with Gasteiger partial charge in [0.05, 0.1) is 17.9 Å². The highest BCUT2D eigenvalue weighted by Gasteiger charge is 2.30. The normalized spacial score (nSPS) is 13.4. The van der Waals surface area contributed by atoms with Crippen molar-refractivity contribution in [2.24, 2.45) is 0 Å². The van der Waals surface area contributed by atoms with Crippen LogP contribution in [0.5, 0.6) is 0 Å². The number of carbonyl (C=O) groups is 2. The fourth-order valence-electron chi connectivity index (χ4n) is 2.81. The van der Waals surface area contributed by atoms with Crippen molar-refractivity contribution in [2.45, 2.75) is 51.2 Å². The molecule has 0 saturated heterocycles. The molecule has 2 aromatic rings. The number of aromatic nitrogens is 3. The Morgan fingerprint density at radius 2 is 2.14 bits per heavy atom. The predicted molar refractivity (Wildman–Crippen MR) is 111 cm³/mol. The van der Waals surface area contributed by atoms with Crippen LogP contribution in [0.2, 0.25) is 0 Å². The molecule has 1 fully saturated rings. The number of nitrogens with one attached hydrogen (secondary N) is 1. The van der Waals surface area contributed by atoms with Crippen LogP contribution in [-0.4, -0.2) is 39.0 Å². The lowest BCUT2D eigenvalue weighted by Gasteiger charge is -2.08. The van der Waals surface area contributed by atoms with E-state index in [4.69, 9.17) is 4.74 Å². The van der Waals surface area contributed by atoms with E-state index in [1.807, 2.05) is 24.5 Å². The highest BCUT2D eigenvalue weighted by atomic mass is 32.2. The predicted octanol–water partition coefficient (Wildman–Crippen LogP) is 3.93. The summed E-state index contributed by atoms with van der Waals surface area (Å²) in [4.78, 5) is 25.7. The first-order valence-electron chi connectivity index (χ1n) is 9.20. The Kier molecular flexibility index (Phi) is 6.56. The lowest BCUT2D eigenvalue weighted by molar-refractivity contribution is -0.113. The van der Waals surface area contributed by atoms with Crippen molar-refractivity contribution in [2.75, 3.05) is 17.7 Å². The van der Waals surface area contributed by atoms with Crippen LogP contribution >= 0.6 is 23.1 Å². The van der Waals surface area contributed by atoms with Crippen molar-refractivity contribution in [3.8, 4) is 0 Å². The maximum atomic E-state index is 12.5. The van der Waals surface area contributed by atoms with Gasteiger partial charge in [-0.1, -0.05) is 17.8 Å². The summed E-state index contributed by atoms with van der Waals surface area (Å²) < 4.78 is 7.15. The Balaban J connectivity index is 1.68. The lowest BCUT2D eigenvalue weighted by atomic mass is 10.1. The minimum absolute atomic E-state index is 0.179. The Labute approximate surface area is 172 Å². The number of esters is 1. The molecule has 28 heavy (non-hydrogen) atoms. The van der Waals surface area contributed by atoms with Gasteiger partial charge in [-0.05, 0) is 39.2 Å². The van der Waals surface area contributed by atoms with Gasteiger partial charge in [-0.25, -0.2) is 4.79 Å². The number of nitrogens with zero attached hydrogens (tertiary/aromatic N) is 3. The zero-order valence-corrected chi connectivity index (χ0v) is 17.9. The molecule has 0 spiro atoms. The second-order valence-electron chi connectivity index (χ2n) is 6.56. The summed E-state index contributed by atoms with van der Waals surface area (Å²) >= 11 is 2.72. The number of amides is 1. The summed E-state index contributed by atoms with van der Waals surface area (Å²) in [6, 6.07) is 0. The van der Waals surface area contributed by atoms with Crippen LogP contribution in [0.25, 0.3) is 0 Å². The van der Waals surface area contributed by atoms with Gasteiger partial charge < -0.3 is 14.6 Å². The first-order valence-corrected chi connectivity index (χ1v) is 11.0. The standard InChI is InChI=1S/C19H24N4O3S2/c1-5-9-23-16(13-7-8-13)21-22-19(23)27-10-14(24)20-17-15(18(25)26-6-2)11(3)12(4)28-17/h5,13H,1,6-10H2,2-4H3,(H,20,24). The Hall–Kier alpha value is -2.13. The first-order chi connectivity index (χ1) is 13.5. The number of thioether (sulfide) groups is 1. The number of anilines is 1. The summed E-state index contributed by atoms with van der Waals surface area (Å²) in [6.45, 7) is 10.2. The van der Waals surface area contributed by atoms with E-state index >= 15 is 0 Å². The maximum Gasteiger partial charge on any atom is 0.341 e. The van der Waals surface area contributed by atoms with E-state index in [1.54, 1.807) is 6.92 Å². The van der Waals surface area contributed by atoms with Gasteiger partial charge in [0.2, 0.25) is 5.91 Å². The van der Waals surface area contributed by atoms with Gasteiger partial charge in [-0.15, -0.1) is 28.1 Å². The van der Waals surface area contributed by atoms with Crippen LogP contribution in [0.15, 0.2) is 17.8 Å². The molecule has 7 nitrogen and oxygen atoms in total. The monoisotopic (exact) mass is 420 g/mol. The van der Waals surface area contributed by atoms with E-state index in [9.17, 15) is 9.59 Å². The molecule has 9 heteroatoms. The average molecular weight is 421 g/mol. The van der Waals surface area contributed by atoms with Gasteiger partial charge in [0.15, 0.2) is 5.16 Å². The Bertz CT molecular complexity index is 899. The minimum Gasteiger partial charge on any atom is -0.462 e. The molecule has 1 amide bonds. The van der Waals surface area contributed by atoms with Crippen LogP contribution in [0.3, 0.4) is 0 Å². The van der Waals surface area contributed by atoms with Crippen molar-refractivity contribution >= 4 is 40.0 Å². The van der Waals surface area contributed by atoms with Gasteiger partial charge in [-0.2, -0.15) is 0 Å². The molecule has 0 bridgehead atoms. The summed E-state index contributed by atoms with van der Waals surface area (Å²) in [5.41, 5.74) is 1.28. The first kappa shape index (κ1) is 20.6. The molecule has 1 aliphatic rings. The summed E-state index contributed by atoms with van der Waals surface area (Å²) in [7, 11) is 0. The van der Waals surface area contributed by atoms with Gasteiger partial charge in [0.1, 0.15) is 10.8 Å². The van der Waals surface area contributed by atoms with E-state index in [-0.39, 0.29) is 11.7 Å². The average Bonchev–Trinajstić information content (AvgIpc) is 3.36. The van der Waals surface area contributed by atoms with E-state index in [0.29, 0.717) is 34.8 Å². The molecule has 1 saturated carbocycles. The Morgan fingerprint density at radius 1 is 1.39 bits per heavy atom. The molecule has 1 aliphatic carbocycles. The van der Waals surface area contributed by atoms with E-state index in [1.165, 1.54) is 23.1 Å². The van der Waals surface area contributed by atoms with Crippen molar-refractivity contribution in [3.63, 3.8) is 0 Å². The number of allylic oxidation sites excluding steroid dienone is 1. The third-order valence-electron chi connectivity index (χ3n) is 4.45. The second-order valence-corrected chi connectivity index (χ2v) is 8.73. The molecular weight excluding hydrogens is 396 g/mol. The molecule has 0 radical (unpaired) electrons. The molecule has 3 rings (SSSR count). The number of thiophene rings is 1. The number of ether oxygens (including phenoxy) is 1. The second kappa shape index (κ2) is 8.91. The number of carbonyl (C=O) groups excluding carboxylic acids is 2. The van der Waals surface area contributed by atoms with E-state index in [2.05, 4.69) is 22.1 Å². The fraction of sp³-hybridized carbons (Fsp3) is 0.474. The molecular formula is C19H24N4O3S2. The summed E-state index contributed by atoms with van der Waals surface area (Å²) in [5, 5.41) is 12.6. The molecule has 0 unspecified atom stereocenters. The molecule has 2 heterocycles. The third kappa shape index (κ3) is 4.47. The molecule has 1 N–H and O–H groups in total. The van der Waals surface area contributed by atoms with Crippen LogP contribution in [0, 0.1) is 13.8 Å². The van der Waals surface area contributed by atoms with Crippen LogP contribution in [0.4, 0.5) is 5.00 Å². The van der Waals surface area contributed by atoms with Gasteiger partial charge in [0, 0.05) is 17.3 Å². The molecule has 150 valence electrons. The van der Waals surface area contributed by atoms with E-state index in [0.717, 1.165) is 29.1 Å². The highest BCUT2D eigenvalue weighted by molar-refractivity contribution is 7.99. The van der Waals surface area contributed by atoms with Crippen LogP contribution in [-0.2, 0) is 16.1 Å². The van der Waals surface area contributed by atoms with Crippen LogP contribution < -0.4 is 5.32 Å². The van der Waals surface area contributed by atoms with Crippen molar-refractivity contribution in [1.29, 1.82) is 0 Å². The molecule has 0 aliphatic heterocycles. The molecule has 2 aromatic heterocycles. The molecule has 0 aromatic carbocycles. The zero-order valence-electron chi connectivity index (χ0n) is 16.3. The van der Waals surface area contributed by atoms with Crippen LogP contribution in [0.1, 0.15) is 52.3 Å². The number of aryl methyl sites for hydroxylation is 1. The highest BCUT2D eigenvalue weighted by Crippen LogP contribution is 2.40. The quantitative estimate of drug-likeness (QED) is 0.376. The largest absolute Gasteiger partial charge is 0.462 e. The third-order valence-corrected chi connectivity index (χ3v) is 6.54. The van der Waals surface area contributed by atoms with Crippen molar-refractivity contribution in [3.05, 3.63) is 34.5 Å². The van der Waals surface area contributed by atoms with Crippen molar-refractivity contribution in [1.82, 2.24) is 14.8 Å². The van der Waals surface area contributed by atoms with Crippen molar-refractivity contribution < 1.29 is 14.3 Å². The smallest absolute Gasteiger partial charge is 0.341 e. The minimum atomic E-state index is -0.410. The Morgan fingerprint density at radius 3 is 2.79 bits per heavy atom.